The average Bonchev–Trinajstić information content (AvgIpc) is 2.66. The number of rotatable bonds is 5. The Morgan fingerprint density at radius 3 is 2.69 bits per heavy atom. The molecule has 0 aliphatic carbocycles. The highest BCUT2D eigenvalue weighted by atomic mass is 35.5. The highest BCUT2D eigenvalue weighted by Crippen LogP contribution is 2.22. The van der Waals surface area contributed by atoms with Crippen molar-refractivity contribution in [2.75, 3.05) is 45.9 Å². The van der Waals surface area contributed by atoms with Crippen molar-refractivity contribution < 1.29 is 14.6 Å². The molecule has 0 saturated carbocycles. The van der Waals surface area contributed by atoms with Crippen LogP contribution in [0.1, 0.15) is 12.0 Å². The van der Waals surface area contributed by atoms with Gasteiger partial charge in [-0.3, -0.25) is 9.69 Å². The van der Waals surface area contributed by atoms with Gasteiger partial charge in [-0.25, -0.2) is 0 Å². The third-order valence-electron chi connectivity index (χ3n) is 5.14. The molecule has 0 bridgehead atoms. The van der Waals surface area contributed by atoms with Crippen LogP contribution in [-0.2, 0) is 16.0 Å². The first-order valence-corrected chi connectivity index (χ1v) is 9.67. The van der Waals surface area contributed by atoms with E-state index in [9.17, 15) is 9.90 Å². The predicted octanol–water partition coefficient (Wildman–Crippen LogP) is 1.98. The molecule has 1 aromatic carbocycles. The molecule has 0 unspecified atom stereocenters. The third-order valence-corrected chi connectivity index (χ3v) is 5.40. The fourth-order valence-corrected chi connectivity index (χ4v) is 3.66. The fraction of sp³-hybridized carbons (Fsp3) is 0.550. The van der Waals surface area contributed by atoms with Crippen LogP contribution >= 0.6 is 11.6 Å². The van der Waals surface area contributed by atoms with Crippen LogP contribution < -0.4 is 0 Å². The zero-order chi connectivity index (χ0) is 18.4. The summed E-state index contributed by atoms with van der Waals surface area (Å²) in [5.74, 6) is 0.0905. The summed E-state index contributed by atoms with van der Waals surface area (Å²) < 4.78 is 5.33. The van der Waals surface area contributed by atoms with Gasteiger partial charge in [-0.2, -0.15) is 0 Å². The Hall–Kier alpha value is -1.40. The van der Waals surface area contributed by atoms with E-state index in [0.717, 1.165) is 44.8 Å². The van der Waals surface area contributed by atoms with Gasteiger partial charge in [-0.1, -0.05) is 29.8 Å². The van der Waals surface area contributed by atoms with Crippen molar-refractivity contribution >= 4 is 17.5 Å². The molecule has 1 aromatic rings. The number of ether oxygens (including phenoxy) is 1. The standard InChI is InChI=1S/C20H27ClN2O3/c21-18-5-3-16(4-6-18)14-17-15-23(9-7-19(17)24)20(25)2-1-8-22-10-12-26-13-11-22/h1-6,17,19,24H,7-15H2/t17-,19-/m1/s1. The number of aliphatic hydroxyl groups is 1. The van der Waals surface area contributed by atoms with Crippen molar-refractivity contribution in [2.24, 2.45) is 5.92 Å². The van der Waals surface area contributed by atoms with E-state index in [1.54, 1.807) is 6.08 Å². The molecule has 0 aromatic heterocycles. The van der Waals surface area contributed by atoms with E-state index < -0.39 is 0 Å². The first-order valence-electron chi connectivity index (χ1n) is 9.30. The average molecular weight is 379 g/mol. The number of morpholine rings is 1. The number of hydrogen-bond acceptors (Lipinski definition) is 4. The molecule has 2 heterocycles. The summed E-state index contributed by atoms with van der Waals surface area (Å²) in [6, 6.07) is 7.70. The van der Waals surface area contributed by atoms with E-state index in [0.29, 0.717) is 24.5 Å². The molecule has 2 atom stereocenters. The summed E-state index contributed by atoms with van der Waals surface area (Å²) in [4.78, 5) is 16.6. The number of benzene rings is 1. The molecule has 3 rings (SSSR count). The zero-order valence-corrected chi connectivity index (χ0v) is 15.8. The molecule has 142 valence electrons. The van der Waals surface area contributed by atoms with Crippen LogP contribution in [-0.4, -0.2) is 72.9 Å². The lowest BCUT2D eigenvalue weighted by atomic mass is 9.88. The van der Waals surface area contributed by atoms with Crippen LogP contribution in [0.4, 0.5) is 0 Å². The van der Waals surface area contributed by atoms with E-state index in [-0.39, 0.29) is 17.9 Å². The summed E-state index contributed by atoms with van der Waals surface area (Å²) >= 11 is 5.93. The van der Waals surface area contributed by atoms with Crippen LogP contribution in [0.3, 0.4) is 0 Å². The van der Waals surface area contributed by atoms with E-state index in [1.165, 1.54) is 0 Å². The minimum Gasteiger partial charge on any atom is -0.393 e. The molecule has 6 heteroatoms. The largest absolute Gasteiger partial charge is 0.393 e. The van der Waals surface area contributed by atoms with Crippen LogP contribution in [0.15, 0.2) is 36.4 Å². The maximum atomic E-state index is 12.5. The second-order valence-corrected chi connectivity index (χ2v) is 7.48. The summed E-state index contributed by atoms with van der Waals surface area (Å²) in [5.41, 5.74) is 1.13. The van der Waals surface area contributed by atoms with Crippen LogP contribution in [0.25, 0.3) is 0 Å². The Bertz CT molecular complexity index is 614. The van der Waals surface area contributed by atoms with Gasteiger partial charge in [-0.15, -0.1) is 0 Å². The van der Waals surface area contributed by atoms with E-state index in [1.807, 2.05) is 35.2 Å². The highest BCUT2D eigenvalue weighted by Gasteiger charge is 2.29. The first-order chi connectivity index (χ1) is 12.6. The topological polar surface area (TPSA) is 53.0 Å². The molecule has 0 spiro atoms. The fourth-order valence-electron chi connectivity index (χ4n) is 3.54. The van der Waals surface area contributed by atoms with E-state index in [4.69, 9.17) is 16.3 Å². The molecule has 2 aliphatic heterocycles. The molecule has 26 heavy (non-hydrogen) atoms. The Labute approximate surface area is 160 Å². The van der Waals surface area contributed by atoms with Gasteiger partial charge in [-0.05, 0) is 30.5 Å². The number of halogens is 1. The van der Waals surface area contributed by atoms with E-state index >= 15 is 0 Å². The molecule has 1 N–H and O–H groups in total. The summed E-state index contributed by atoms with van der Waals surface area (Å²) in [6.07, 6.45) is 4.62. The zero-order valence-electron chi connectivity index (χ0n) is 15.0. The summed E-state index contributed by atoms with van der Waals surface area (Å²) in [5, 5.41) is 11.0. The minimum absolute atomic E-state index is 0.0336. The SMILES string of the molecule is O=C(C=CCN1CCOCC1)N1CC[C@@H](O)[C@H](Cc2ccc(Cl)cc2)C1. The molecule has 2 saturated heterocycles. The van der Waals surface area contributed by atoms with Gasteiger partial charge in [0.2, 0.25) is 5.91 Å². The lowest BCUT2D eigenvalue weighted by Crippen LogP contribution is -2.46. The van der Waals surface area contributed by atoms with Gasteiger partial charge in [0.25, 0.3) is 0 Å². The first kappa shape index (κ1) is 19.4. The molecular weight excluding hydrogens is 352 g/mol. The molecule has 0 radical (unpaired) electrons. The molecule has 5 nitrogen and oxygen atoms in total. The number of carbonyl (C=O) groups excluding carboxylic acids is 1. The molecule has 1 amide bonds. The van der Waals surface area contributed by atoms with E-state index in [2.05, 4.69) is 4.90 Å². The number of piperidine rings is 1. The van der Waals surface area contributed by atoms with Crippen LogP contribution in [0.5, 0.6) is 0 Å². The quantitative estimate of drug-likeness (QED) is 0.796. The Balaban J connectivity index is 1.51. The van der Waals surface area contributed by atoms with Gasteiger partial charge in [0.15, 0.2) is 0 Å². The smallest absolute Gasteiger partial charge is 0.246 e. The second-order valence-electron chi connectivity index (χ2n) is 7.05. The number of aliphatic hydroxyl groups excluding tert-OH is 1. The summed E-state index contributed by atoms with van der Waals surface area (Å²) in [7, 11) is 0. The minimum atomic E-state index is -0.368. The van der Waals surface area contributed by atoms with Crippen LogP contribution in [0.2, 0.25) is 5.02 Å². The van der Waals surface area contributed by atoms with Crippen molar-refractivity contribution in [1.82, 2.24) is 9.80 Å². The maximum Gasteiger partial charge on any atom is 0.246 e. The number of amides is 1. The monoisotopic (exact) mass is 378 g/mol. The summed E-state index contributed by atoms with van der Waals surface area (Å²) in [6.45, 7) is 5.33. The predicted molar refractivity (Wildman–Crippen MR) is 102 cm³/mol. The van der Waals surface area contributed by atoms with Gasteiger partial charge in [0, 0.05) is 49.7 Å². The lowest BCUT2D eigenvalue weighted by Gasteiger charge is -2.36. The van der Waals surface area contributed by atoms with Crippen molar-refractivity contribution in [3.8, 4) is 0 Å². The molecular formula is C20H27ClN2O3. The number of likely N-dealkylation sites (tertiary alicyclic amines) is 1. The Kier molecular flexibility index (Phi) is 7.08. The number of nitrogens with zero attached hydrogens (tertiary/aromatic N) is 2. The van der Waals surface area contributed by atoms with Crippen molar-refractivity contribution in [3.05, 3.63) is 47.0 Å². The Morgan fingerprint density at radius 1 is 1.23 bits per heavy atom. The number of hydrogen-bond donors (Lipinski definition) is 1. The highest BCUT2D eigenvalue weighted by molar-refractivity contribution is 6.30. The second kappa shape index (κ2) is 9.51. The molecule has 2 fully saturated rings. The van der Waals surface area contributed by atoms with Crippen molar-refractivity contribution in [2.45, 2.75) is 18.9 Å². The molecule has 2 aliphatic rings. The number of carbonyl (C=O) groups is 1. The third kappa shape index (κ3) is 5.55. The van der Waals surface area contributed by atoms with Crippen LogP contribution in [0, 0.1) is 5.92 Å². The van der Waals surface area contributed by atoms with Crippen molar-refractivity contribution in [1.29, 1.82) is 0 Å². The van der Waals surface area contributed by atoms with Gasteiger partial charge >= 0.3 is 0 Å². The van der Waals surface area contributed by atoms with Crippen molar-refractivity contribution in [3.63, 3.8) is 0 Å². The van der Waals surface area contributed by atoms with Gasteiger partial charge in [0.1, 0.15) is 0 Å². The van der Waals surface area contributed by atoms with Gasteiger partial charge in [0.05, 0.1) is 19.3 Å². The lowest BCUT2D eigenvalue weighted by molar-refractivity contribution is -0.129. The Morgan fingerprint density at radius 2 is 1.96 bits per heavy atom. The maximum absolute atomic E-state index is 12.5. The van der Waals surface area contributed by atoms with Gasteiger partial charge < -0.3 is 14.7 Å². The normalized spacial score (nSPS) is 24.9.